The number of hydrogen-bond donors (Lipinski definition) is 1. The molecule has 1 aliphatic carbocycles. The molecule has 1 saturated heterocycles. The maximum atomic E-state index is 11.6. The Morgan fingerprint density at radius 3 is 2.78 bits per heavy atom. The highest BCUT2D eigenvalue weighted by Gasteiger charge is 2.44. The van der Waals surface area contributed by atoms with Crippen LogP contribution >= 0.6 is 11.8 Å². The molecule has 0 radical (unpaired) electrons. The molecule has 5 rings (SSSR count). The molecule has 1 aromatic rings. The van der Waals surface area contributed by atoms with Gasteiger partial charge in [0.2, 0.25) is 0 Å². The summed E-state index contributed by atoms with van der Waals surface area (Å²) in [5.74, 6) is 2.40. The van der Waals surface area contributed by atoms with E-state index in [1.165, 1.54) is 72.4 Å². The quantitative estimate of drug-likeness (QED) is 0.780. The summed E-state index contributed by atoms with van der Waals surface area (Å²) in [6.45, 7) is 2.47. The molecule has 0 aromatic heterocycles. The lowest BCUT2D eigenvalue weighted by atomic mass is 9.83. The highest BCUT2D eigenvalue weighted by atomic mass is 32.2. The molecule has 1 amide bonds. The van der Waals surface area contributed by atoms with E-state index in [4.69, 9.17) is 0 Å². The van der Waals surface area contributed by atoms with Crippen molar-refractivity contribution in [1.82, 2.24) is 4.90 Å². The number of rotatable bonds is 2. The van der Waals surface area contributed by atoms with E-state index in [2.05, 4.69) is 17.0 Å². The van der Waals surface area contributed by atoms with Crippen LogP contribution in [0.25, 0.3) is 0 Å². The number of anilines is 1. The van der Waals surface area contributed by atoms with Gasteiger partial charge < -0.3 is 14.9 Å². The average molecular weight is 387 g/mol. The van der Waals surface area contributed by atoms with Crippen molar-refractivity contribution >= 4 is 23.5 Å². The van der Waals surface area contributed by atoms with Crippen LogP contribution in [0.3, 0.4) is 0 Å². The second-order valence-electron chi connectivity index (χ2n) is 8.83. The number of benzene rings is 1. The van der Waals surface area contributed by atoms with Gasteiger partial charge in [0.1, 0.15) is 0 Å². The highest BCUT2D eigenvalue weighted by Crippen LogP contribution is 2.51. The normalized spacial score (nSPS) is 27.9. The first kappa shape index (κ1) is 17.7. The summed E-state index contributed by atoms with van der Waals surface area (Å²) < 4.78 is 0. The third-order valence-corrected chi connectivity index (χ3v) is 8.26. The van der Waals surface area contributed by atoms with Crippen LogP contribution in [-0.2, 0) is 6.42 Å². The lowest BCUT2D eigenvalue weighted by Crippen LogP contribution is -2.48. The lowest BCUT2D eigenvalue weighted by molar-refractivity contribution is 0.127. The number of carboxylic acid groups (broad SMARTS) is 1. The van der Waals surface area contributed by atoms with Gasteiger partial charge >= 0.3 is 6.09 Å². The minimum Gasteiger partial charge on any atom is -0.465 e. The standard InChI is InChI=1S/C22H30N2O2S/c25-22(26)23-9-7-19-18(14-23)17-12-16(11-15-5-2-1-3-6-15)13-20-21(17)24(19)8-4-10-27-20/h12-13,15,18-19H,1-11,14H2,(H,25,26)/t18-,19-/m0/s1. The molecule has 146 valence electrons. The molecule has 3 heterocycles. The second-order valence-corrected chi connectivity index (χ2v) is 9.96. The Kier molecular flexibility index (Phi) is 4.75. The summed E-state index contributed by atoms with van der Waals surface area (Å²) in [4.78, 5) is 17.3. The third kappa shape index (κ3) is 3.22. The van der Waals surface area contributed by atoms with E-state index < -0.39 is 6.09 Å². The van der Waals surface area contributed by atoms with Gasteiger partial charge in [0.25, 0.3) is 0 Å². The number of fused-ring (bicyclic) bond motifs is 3. The van der Waals surface area contributed by atoms with Gasteiger partial charge in [-0.2, -0.15) is 0 Å². The van der Waals surface area contributed by atoms with E-state index in [0.717, 1.165) is 18.9 Å². The number of thioether (sulfide) groups is 1. The van der Waals surface area contributed by atoms with E-state index >= 15 is 0 Å². The van der Waals surface area contributed by atoms with Crippen molar-refractivity contribution in [3.05, 3.63) is 23.3 Å². The minimum absolute atomic E-state index is 0.355. The molecule has 1 aromatic carbocycles. The Balaban J connectivity index is 1.50. The van der Waals surface area contributed by atoms with Crippen molar-refractivity contribution in [2.75, 3.05) is 30.3 Å². The predicted octanol–water partition coefficient (Wildman–Crippen LogP) is 4.96. The largest absolute Gasteiger partial charge is 0.465 e. The van der Waals surface area contributed by atoms with Crippen LogP contribution < -0.4 is 4.90 Å². The van der Waals surface area contributed by atoms with Crippen molar-refractivity contribution in [1.29, 1.82) is 0 Å². The molecule has 4 nitrogen and oxygen atoms in total. The fourth-order valence-electron chi connectivity index (χ4n) is 5.88. The number of hydrogen-bond acceptors (Lipinski definition) is 3. The van der Waals surface area contributed by atoms with Gasteiger partial charge in [-0.3, -0.25) is 0 Å². The third-order valence-electron chi connectivity index (χ3n) is 7.15. The summed E-state index contributed by atoms with van der Waals surface area (Å²) in [7, 11) is 0. The van der Waals surface area contributed by atoms with Crippen LogP contribution in [0.5, 0.6) is 0 Å². The molecule has 1 saturated carbocycles. The molecular formula is C22H30N2O2S. The molecule has 27 heavy (non-hydrogen) atoms. The highest BCUT2D eigenvalue weighted by molar-refractivity contribution is 7.99. The summed E-state index contributed by atoms with van der Waals surface area (Å²) >= 11 is 2.02. The molecule has 4 aliphatic rings. The lowest BCUT2D eigenvalue weighted by Gasteiger charge is -2.37. The van der Waals surface area contributed by atoms with Gasteiger partial charge in [-0.1, -0.05) is 38.2 Å². The predicted molar refractivity (Wildman–Crippen MR) is 110 cm³/mol. The van der Waals surface area contributed by atoms with E-state index in [1.54, 1.807) is 4.90 Å². The van der Waals surface area contributed by atoms with Crippen LogP contribution in [0, 0.1) is 5.92 Å². The summed E-state index contributed by atoms with van der Waals surface area (Å²) in [5, 5.41) is 9.52. The van der Waals surface area contributed by atoms with Gasteiger partial charge in [0.15, 0.2) is 0 Å². The first-order valence-corrected chi connectivity index (χ1v) is 11.7. The topological polar surface area (TPSA) is 43.8 Å². The van der Waals surface area contributed by atoms with Gasteiger partial charge in [-0.05, 0) is 48.1 Å². The van der Waals surface area contributed by atoms with Gasteiger partial charge in [-0.15, -0.1) is 11.8 Å². The smallest absolute Gasteiger partial charge is 0.407 e. The SMILES string of the molecule is O=C(O)N1CC[C@H]2[C@@H](C1)c1cc(CC3CCCCC3)cc3c1N2CCCS3. The van der Waals surface area contributed by atoms with Crippen molar-refractivity contribution in [2.24, 2.45) is 5.92 Å². The molecule has 2 atom stereocenters. The first-order valence-electron chi connectivity index (χ1n) is 10.7. The molecule has 0 unspecified atom stereocenters. The Morgan fingerprint density at radius 1 is 1.11 bits per heavy atom. The van der Waals surface area contributed by atoms with Crippen molar-refractivity contribution < 1.29 is 9.90 Å². The Hall–Kier alpha value is -1.36. The zero-order valence-corrected chi connectivity index (χ0v) is 16.8. The van der Waals surface area contributed by atoms with Crippen molar-refractivity contribution in [3.8, 4) is 0 Å². The summed E-state index contributed by atoms with van der Waals surface area (Å²) in [6.07, 6.45) is 9.60. The number of nitrogens with zero attached hydrogens (tertiary/aromatic N) is 2. The van der Waals surface area contributed by atoms with E-state index in [1.807, 2.05) is 11.8 Å². The Labute approximate surface area is 166 Å². The van der Waals surface area contributed by atoms with E-state index in [9.17, 15) is 9.90 Å². The molecule has 5 heteroatoms. The number of carbonyl (C=O) groups is 1. The van der Waals surface area contributed by atoms with Gasteiger partial charge in [0.05, 0.1) is 5.69 Å². The van der Waals surface area contributed by atoms with Crippen LogP contribution in [0.15, 0.2) is 17.0 Å². The molecule has 0 bridgehead atoms. The fraction of sp³-hybridized carbons (Fsp3) is 0.682. The van der Waals surface area contributed by atoms with Crippen molar-refractivity contribution in [2.45, 2.75) is 68.2 Å². The Bertz CT molecular complexity index is 731. The molecular weight excluding hydrogens is 356 g/mol. The van der Waals surface area contributed by atoms with Crippen LogP contribution in [0.2, 0.25) is 0 Å². The van der Waals surface area contributed by atoms with E-state index in [0.29, 0.717) is 25.0 Å². The van der Waals surface area contributed by atoms with Gasteiger partial charge in [0, 0.05) is 36.5 Å². The molecule has 0 spiro atoms. The van der Waals surface area contributed by atoms with Crippen LogP contribution in [0.4, 0.5) is 10.5 Å². The molecule has 3 aliphatic heterocycles. The molecule has 2 fully saturated rings. The zero-order valence-electron chi connectivity index (χ0n) is 16.0. The number of piperidine rings is 1. The minimum atomic E-state index is -0.756. The van der Waals surface area contributed by atoms with Crippen LogP contribution in [-0.4, -0.2) is 47.5 Å². The zero-order chi connectivity index (χ0) is 18.4. The summed E-state index contributed by atoms with van der Waals surface area (Å²) in [6, 6.07) is 5.43. The number of amides is 1. The second kappa shape index (κ2) is 7.23. The monoisotopic (exact) mass is 386 g/mol. The van der Waals surface area contributed by atoms with Crippen LogP contribution in [0.1, 0.15) is 62.0 Å². The average Bonchev–Trinajstić information content (AvgIpc) is 2.83. The first-order chi connectivity index (χ1) is 13.2. The molecule has 1 N–H and O–H groups in total. The number of likely N-dealkylation sites (tertiary alicyclic amines) is 1. The maximum Gasteiger partial charge on any atom is 0.407 e. The Morgan fingerprint density at radius 2 is 1.96 bits per heavy atom. The van der Waals surface area contributed by atoms with Gasteiger partial charge in [-0.25, -0.2) is 4.79 Å². The van der Waals surface area contributed by atoms with E-state index in [-0.39, 0.29) is 0 Å². The van der Waals surface area contributed by atoms with Crippen molar-refractivity contribution in [3.63, 3.8) is 0 Å². The summed E-state index contributed by atoms with van der Waals surface area (Å²) in [5.41, 5.74) is 4.40. The maximum absolute atomic E-state index is 11.6. The fourth-order valence-corrected chi connectivity index (χ4v) is 6.98.